The van der Waals surface area contributed by atoms with E-state index in [9.17, 15) is 13.2 Å². The van der Waals surface area contributed by atoms with E-state index in [-0.39, 0.29) is 24.9 Å². The quantitative estimate of drug-likeness (QED) is 0.647. The molecule has 168 valence electrons. The molecule has 9 heteroatoms. The smallest absolute Gasteiger partial charge is 0.276 e. The second-order valence-electron chi connectivity index (χ2n) is 8.24. The lowest BCUT2D eigenvalue weighted by Crippen LogP contribution is -2.67. The Morgan fingerprint density at radius 1 is 1.26 bits per heavy atom. The average molecular weight is 447 g/mol. The predicted molar refractivity (Wildman–Crippen MR) is 120 cm³/mol. The highest BCUT2D eigenvalue weighted by atomic mass is 32.2. The van der Waals surface area contributed by atoms with Crippen molar-refractivity contribution < 1.29 is 17.9 Å². The first-order valence-corrected chi connectivity index (χ1v) is 11.9. The van der Waals surface area contributed by atoms with Crippen molar-refractivity contribution in [2.24, 2.45) is 5.14 Å². The summed E-state index contributed by atoms with van der Waals surface area (Å²) in [5.41, 5.74) is 1.97. The van der Waals surface area contributed by atoms with Gasteiger partial charge in [-0.3, -0.25) is 4.79 Å². The third-order valence-electron chi connectivity index (χ3n) is 5.48. The van der Waals surface area contributed by atoms with Crippen LogP contribution in [0.25, 0.3) is 0 Å². The van der Waals surface area contributed by atoms with Crippen LogP contribution >= 0.6 is 0 Å². The highest BCUT2D eigenvalue weighted by Crippen LogP contribution is 2.41. The van der Waals surface area contributed by atoms with Crippen LogP contribution < -0.4 is 15.2 Å². The summed E-state index contributed by atoms with van der Waals surface area (Å²) in [7, 11) is -3.89. The molecule has 0 aliphatic carbocycles. The molecule has 3 N–H and O–H groups in total. The molecule has 0 atom stereocenters. The minimum absolute atomic E-state index is 0.0220. The van der Waals surface area contributed by atoms with Gasteiger partial charge in [0, 0.05) is 18.8 Å². The molecular weight excluding hydrogens is 416 g/mol. The van der Waals surface area contributed by atoms with Crippen LogP contribution in [0.2, 0.25) is 0 Å². The number of carbonyl (C=O) groups excluding carboxylic acids is 1. The Balaban J connectivity index is 2.00. The standard InChI is InChI=1S/C22H30N4O4S/c1-5-12-30-20-19(11-10-16(4)24-20)25-21(27)22(13-26(14-22)31(23,28)29)18-9-7-6-8-17(18)15(2)3/h6-11,15H,5,12-14H2,1-4H3,(H,25,27)(H2,23,28,29). The Hall–Kier alpha value is -2.49. The van der Waals surface area contributed by atoms with E-state index in [1.54, 1.807) is 12.1 Å². The first-order chi connectivity index (χ1) is 14.6. The number of nitrogens with zero attached hydrogens (tertiary/aromatic N) is 2. The minimum Gasteiger partial charge on any atom is -0.476 e. The van der Waals surface area contributed by atoms with Crippen LogP contribution in [0, 0.1) is 6.92 Å². The number of ether oxygens (including phenoxy) is 1. The van der Waals surface area contributed by atoms with Gasteiger partial charge in [-0.05, 0) is 42.5 Å². The van der Waals surface area contributed by atoms with Crippen molar-refractivity contribution in [2.45, 2.75) is 45.4 Å². The van der Waals surface area contributed by atoms with Gasteiger partial charge < -0.3 is 10.1 Å². The van der Waals surface area contributed by atoms with Crippen LogP contribution in [0.15, 0.2) is 36.4 Å². The number of anilines is 1. The van der Waals surface area contributed by atoms with Crippen LogP contribution in [-0.4, -0.2) is 43.3 Å². The number of aryl methyl sites for hydroxylation is 1. The molecule has 0 saturated carbocycles. The predicted octanol–water partition coefficient (Wildman–Crippen LogP) is 2.70. The fourth-order valence-electron chi connectivity index (χ4n) is 3.79. The first kappa shape index (κ1) is 23.2. The molecule has 1 fully saturated rings. The highest BCUT2D eigenvalue weighted by molar-refractivity contribution is 7.86. The maximum Gasteiger partial charge on any atom is 0.276 e. The molecule has 1 aliphatic heterocycles. The van der Waals surface area contributed by atoms with E-state index in [2.05, 4.69) is 10.3 Å². The third kappa shape index (κ3) is 4.73. The fourth-order valence-corrected chi connectivity index (χ4v) is 4.59. The lowest BCUT2D eigenvalue weighted by Gasteiger charge is -2.48. The van der Waals surface area contributed by atoms with Crippen LogP contribution in [0.3, 0.4) is 0 Å². The molecule has 31 heavy (non-hydrogen) atoms. The van der Waals surface area contributed by atoms with Crippen molar-refractivity contribution in [1.29, 1.82) is 0 Å². The van der Waals surface area contributed by atoms with Crippen molar-refractivity contribution in [2.75, 3.05) is 25.0 Å². The largest absolute Gasteiger partial charge is 0.476 e. The second kappa shape index (κ2) is 8.94. The number of nitrogens with one attached hydrogen (secondary N) is 1. The average Bonchev–Trinajstić information content (AvgIpc) is 2.66. The van der Waals surface area contributed by atoms with Gasteiger partial charge in [-0.1, -0.05) is 45.0 Å². The molecule has 1 amide bonds. The Morgan fingerprint density at radius 3 is 2.55 bits per heavy atom. The Morgan fingerprint density at radius 2 is 1.94 bits per heavy atom. The van der Waals surface area contributed by atoms with Gasteiger partial charge in [0.15, 0.2) is 0 Å². The van der Waals surface area contributed by atoms with Gasteiger partial charge in [0.05, 0.1) is 6.61 Å². The van der Waals surface area contributed by atoms with E-state index in [0.29, 0.717) is 18.2 Å². The summed E-state index contributed by atoms with van der Waals surface area (Å²) in [5.74, 6) is 0.200. The zero-order valence-corrected chi connectivity index (χ0v) is 19.2. The normalized spacial score (nSPS) is 16.1. The Kier molecular flexibility index (Phi) is 6.68. The van der Waals surface area contributed by atoms with Crippen LogP contribution in [0.4, 0.5) is 5.69 Å². The maximum atomic E-state index is 13.6. The van der Waals surface area contributed by atoms with Crippen molar-refractivity contribution in [1.82, 2.24) is 9.29 Å². The molecule has 3 rings (SSSR count). The van der Waals surface area contributed by atoms with Crippen LogP contribution in [0.5, 0.6) is 5.88 Å². The Bertz CT molecular complexity index is 1060. The molecule has 0 bridgehead atoms. The molecular formula is C22H30N4O4S. The molecule has 8 nitrogen and oxygen atoms in total. The Labute approximate surface area is 184 Å². The topological polar surface area (TPSA) is 115 Å². The number of carbonyl (C=O) groups is 1. The van der Waals surface area contributed by atoms with Crippen LogP contribution in [-0.2, 0) is 20.4 Å². The molecule has 2 aromatic rings. The van der Waals surface area contributed by atoms with E-state index in [1.807, 2.05) is 52.0 Å². The van der Waals surface area contributed by atoms with Gasteiger partial charge in [-0.15, -0.1) is 0 Å². The number of hydrogen-bond donors (Lipinski definition) is 2. The van der Waals surface area contributed by atoms with Gasteiger partial charge >= 0.3 is 0 Å². The van der Waals surface area contributed by atoms with Crippen molar-refractivity contribution in [3.8, 4) is 5.88 Å². The highest BCUT2D eigenvalue weighted by Gasteiger charge is 2.54. The molecule has 1 aliphatic rings. The zero-order valence-electron chi connectivity index (χ0n) is 18.4. The number of rotatable bonds is 8. The number of aromatic nitrogens is 1. The lowest BCUT2D eigenvalue weighted by molar-refractivity contribution is -0.125. The zero-order chi connectivity index (χ0) is 22.8. The van der Waals surface area contributed by atoms with E-state index < -0.39 is 15.6 Å². The SMILES string of the molecule is CCCOc1nc(C)ccc1NC(=O)C1(c2ccccc2C(C)C)CN(S(N)(=O)=O)C1. The summed E-state index contributed by atoms with van der Waals surface area (Å²) < 4.78 is 30.6. The summed E-state index contributed by atoms with van der Waals surface area (Å²) >= 11 is 0. The molecule has 1 saturated heterocycles. The molecule has 1 aromatic carbocycles. The molecule has 0 spiro atoms. The van der Waals surface area contributed by atoms with Crippen LogP contribution in [0.1, 0.15) is 49.9 Å². The fraction of sp³-hybridized carbons (Fsp3) is 0.455. The van der Waals surface area contributed by atoms with Gasteiger partial charge in [-0.2, -0.15) is 12.7 Å². The minimum atomic E-state index is -3.89. The molecule has 2 heterocycles. The number of hydrogen-bond acceptors (Lipinski definition) is 5. The van der Waals surface area contributed by atoms with Crippen molar-refractivity contribution in [3.05, 3.63) is 53.2 Å². The van der Waals surface area contributed by atoms with Gasteiger partial charge in [0.2, 0.25) is 11.8 Å². The first-order valence-electron chi connectivity index (χ1n) is 10.4. The summed E-state index contributed by atoms with van der Waals surface area (Å²) in [5, 5.41) is 8.26. The molecule has 0 radical (unpaired) electrons. The lowest BCUT2D eigenvalue weighted by atomic mass is 9.71. The van der Waals surface area contributed by atoms with E-state index in [4.69, 9.17) is 9.88 Å². The summed E-state index contributed by atoms with van der Waals surface area (Å²) in [6.07, 6.45) is 0.804. The van der Waals surface area contributed by atoms with Gasteiger partial charge in [0.25, 0.3) is 10.2 Å². The van der Waals surface area contributed by atoms with Gasteiger partial charge in [-0.25, -0.2) is 10.1 Å². The van der Waals surface area contributed by atoms with Crippen molar-refractivity contribution in [3.63, 3.8) is 0 Å². The van der Waals surface area contributed by atoms with E-state index in [1.165, 1.54) is 0 Å². The molecule has 1 aromatic heterocycles. The van der Waals surface area contributed by atoms with Gasteiger partial charge in [0.1, 0.15) is 11.1 Å². The summed E-state index contributed by atoms with van der Waals surface area (Å²) in [6.45, 7) is 8.35. The number of benzene rings is 1. The second-order valence-corrected chi connectivity index (χ2v) is 9.79. The number of nitrogens with two attached hydrogens (primary N) is 1. The number of pyridine rings is 1. The molecule has 0 unspecified atom stereocenters. The maximum absolute atomic E-state index is 13.6. The monoisotopic (exact) mass is 446 g/mol. The summed E-state index contributed by atoms with van der Waals surface area (Å²) in [4.78, 5) is 18.0. The summed E-state index contributed by atoms with van der Waals surface area (Å²) in [6, 6.07) is 11.2. The van der Waals surface area contributed by atoms with E-state index in [0.717, 1.165) is 27.5 Å². The van der Waals surface area contributed by atoms with Crippen molar-refractivity contribution >= 4 is 21.8 Å². The van der Waals surface area contributed by atoms with E-state index >= 15 is 0 Å². The third-order valence-corrected chi connectivity index (χ3v) is 6.45. The number of amides is 1.